The van der Waals surface area contributed by atoms with Crippen molar-refractivity contribution in [1.82, 2.24) is 10.3 Å². The van der Waals surface area contributed by atoms with Gasteiger partial charge in [-0.2, -0.15) is 0 Å². The molecular formula is C17H24N2O. The van der Waals surface area contributed by atoms with Gasteiger partial charge in [-0.15, -0.1) is 0 Å². The van der Waals surface area contributed by atoms with Gasteiger partial charge in [-0.05, 0) is 56.0 Å². The van der Waals surface area contributed by atoms with Crippen molar-refractivity contribution in [2.45, 2.75) is 39.7 Å². The second-order valence-electron chi connectivity index (χ2n) is 6.54. The molecule has 0 amide bonds. The molecular weight excluding hydrogens is 248 g/mol. The molecule has 0 aliphatic heterocycles. The number of benzene rings is 1. The number of aromatic amines is 1. The molecule has 3 nitrogen and oxygen atoms in total. The van der Waals surface area contributed by atoms with Gasteiger partial charge in [0.15, 0.2) is 0 Å². The summed E-state index contributed by atoms with van der Waals surface area (Å²) >= 11 is 0. The number of aromatic nitrogens is 1. The number of H-pyrrole nitrogens is 1. The van der Waals surface area contributed by atoms with Crippen LogP contribution in [0.4, 0.5) is 0 Å². The van der Waals surface area contributed by atoms with Crippen LogP contribution < -0.4 is 10.1 Å². The average Bonchev–Trinajstić information content (AvgIpc) is 2.74. The fourth-order valence-electron chi connectivity index (χ4n) is 3.49. The molecule has 2 aromatic rings. The number of rotatable bonds is 3. The molecule has 1 aromatic heterocycles. The monoisotopic (exact) mass is 272 g/mol. The van der Waals surface area contributed by atoms with E-state index in [1.54, 1.807) is 0 Å². The maximum absolute atomic E-state index is 5.65. The van der Waals surface area contributed by atoms with Gasteiger partial charge in [0.2, 0.25) is 0 Å². The summed E-state index contributed by atoms with van der Waals surface area (Å²) in [6.45, 7) is 7.42. The highest BCUT2D eigenvalue weighted by atomic mass is 16.5. The van der Waals surface area contributed by atoms with Crippen LogP contribution in [0, 0.1) is 5.41 Å². The molecule has 2 N–H and O–H groups in total. The van der Waals surface area contributed by atoms with Crippen molar-refractivity contribution >= 4 is 10.9 Å². The Morgan fingerprint density at radius 1 is 1.40 bits per heavy atom. The van der Waals surface area contributed by atoms with Gasteiger partial charge in [0.25, 0.3) is 0 Å². The van der Waals surface area contributed by atoms with Gasteiger partial charge in [0.05, 0.1) is 6.61 Å². The van der Waals surface area contributed by atoms with E-state index in [9.17, 15) is 0 Å². The van der Waals surface area contributed by atoms with Crippen LogP contribution in [0.2, 0.25) is 0 Å². The molecule has 20 heavy (non-hydrogen) atoms. The summed E-state index contributed by atoms with van der Waals surface area (Å²) in [5.74, 6) is 0.960. The second kappa shape index (κ2) is 4.81. The Labute approximate surface area is 120 Å². The summed E-state index contributed by atoms with van der Waals surface area (Å²) in [4.78, 5) is 3.61. The Balaban J connectivity index is 2.15. The van der Waals surface area contributed by atoms with E-state index in [-0.39, 0.29) is 0 Å². The third-order valence-electron chi connectivity index (χ3n) is 4.31. The van der Waals surface area contributed by atoms with Crippen LogP contribution in [0.25, 0.3) is 10.9 Å². The first-order valence-corrected chi connectivity index (χ1v) is 7.48. The van der Waals surface area contributed by atoms with Crippen LogP contribution in [0.3, 0.4) is 0 Å². The minimum atomic E-state index is 0.338. The molecule has 3 rings (SSSR count). The van der Waals surface area contributed by atoms with Gasteiger partial charge < -0.3 is 15.0 Å². The third-order valence-corrected chi connectivity index (χ3v) is 4.31. The van der Waals surface area contributed by atoms with Gasteiger partial charge in [-0.1, -0.05) is 13.8 Å². The van der Waals surface area contributed by atoms with E-state index in [0.29, 0.717) is 18.1 Å². The zero-order valence-electron chi connectivity index (χ0n) is 12.8. The SMILES string of the molecule is CCOc1ccc2[nH]c3c(c2c1)C(NC)CC(C)(C)C3. The predicted molar refractivity (Wildman–Crippen MR) is 83.4 cm³/mol. The van der Waals surface area contributed by atoms with E-state index in [2.05, 4.69) is 43.3 Å². The zero-order valence-corrected chi connectivity index (χ0v) is 12.8. The molecule has 0 bridgehead atoms. The zero-order chi connectivity index (χ0) is 14.3. The van der Waals surface area contributed by atoms with Crippen LogP contribution in [-0.2, 0) is 6.42 Å². The Morgan fingerprint density at radius 2 is 2.20 bits per heavy atom. The highest BCUT2D eigenvalue weighted by Gasteiger charge is 2.34. The van der Waals surface area contributed by atoms with E-state index in [0.717, 1.165) is 12.2 Å². The number of hydrogen-bond acceptors (Lipinski definition) is 2. The summed E-state index contributed by atoms with van der Waals surface area (Å²) in [6, 6.07) is 6.78. The van der Waals surface area contributed by atoms with Gasteiger partial charge >= 0.3 is 0 Å². The first-order valence-electron chi connectivity index (χ1n) is 7.48. The van der Waals surface area contributed by atoms with E-state index in [1.807, 2.05) is 13.0 Å². The summed E-state index contributed by atoms with van der Waals surface area (Å²) in [5, 5.41) is 4.79. The Kier molecular flexibility index (Phi) is 3.25. The number of ether oxygens (including phenoxy) is 1. The summed E-state index contributed by atoms with van der Waals surface area (Å²) < 4.78 is 5.65. The average molecular weight is 272 g/mol. The Morgan fingerprint density at radius 3 is 2.90 bits per heavy atom. The molecule has 0 spiro atoms. The van der Waals surface area contributed by atoms with Crippen LogP contribution in [0.5, 0.6) is 5.75 Å². The van der Waals surface area contributed by atoms with Crippen LogP contribution in [-0.4, -0.2) is 18.6 Å². The van der Waals surface area contributed by atoms with Crippen molar-refractivity contribution in [3.63, 3.8) is 0 Å². The number of hydrogen-bond donors (Lipinski definition) is 2. The topological polar surface area (TPSA) is 37.0 Å². The van der Waals surface area contributed by atoms with Crippen LogP contribution in [0.15, 0.2) is 18.2 Å². The van der Waals surface area contributed by atoms with E-state index in [1.165, 1.54) is 28.6 Å². The van der Waals surface area contributed by atoms with Crippen LogP contribution >= 0.6 is 0 Å². The quantitative estimate of drug-likeness (QED) is 0.891. The van der Waals surface area contributed by atoms with Crippen molar-refractivity contribution in [1.29, 1.82) is 0 Å². The summed E-state index contributed by atoms with van der Waals surface area (Å²) in [6.07, 6.45) is 2.28. The second-order valence-corrected chi connectivity index (χ2v) is 6.54. The summed E-state index contributed by atoms with van der Waals surface area (Å²) in [7, 11) is 2.06. The van der Waals surface area contributed by atoms with Crippen LogP contribution in [0.1, 0.15) is 44.5 Å². The standard InChI is InChI=1S/C17H24N2O/c1-5-20-11-6-7-13-12(8-11)16-14(18-4)9-17(2,3)10-15(16)19-13/h6-8,14,18-19H,5,9-10H2,1-4H3. The van der Waals surface area contributed by atoms with Gasteiger partial charge in [-0.25, -0.2) is 0 Å². The Bertz CT molecular complexity index is 627. The van der Waals surface area contributed by atoms with E-state index < -0.39 is 0 Å². The van der Waals surface area contributed by atoms with Gasteiger partial charge in [0, 0.05) is 22.6 Å². The molecule has 1 aliphatic rings. The lowest BCUT2D eigenvalue weighted by Crippen LogP contribution is -2.31. The highest BCUT2D eigenvalue weighted by Crippen LogP contribution is 2.44. The first kappa shape index (κ1) is 13.5. The smallest absolute Gasteiger partial charge is 0.120 e. The number of fused-ring (bicyclic) bond motifs is 3. The fraction of sp³-hybridized carbons (Fsp3) is 0.529. The molecule has 0 saturated carbocycles. The van der Waals surface area contributed by atoms with Crippen molar-refractivity contribution in [3.05, 3.63) is 29.5 Å². The lowest BCUT2D eigenvalue weighted by atomic mass is 9.74. The molecule has 3 heteroatoms. The Hall–Kier alpha value is -1.48. The van der Waals surface area contributed by atoms with Crippen molar-refractivity contribution < 1.29 is 4.74 Å². The third kappa shape index (κ3) is 2.20. The predicted octanol–water partition coefficient (Wildman–Crippen LogP) is 3.80. The lowest BCUT2D eigenvalue weighted by molar-refractivity contribution is 0.264. The molecule has 1 aliphatic carbocycles. The largest absolute Gasteiger partial charge is 0.494 e. The van der Waals surface area contributed by atoms with Crippen molar-refractivity contribution in [2.24, 2.45) is 5.41 Å². The molecule has 1 atom stereocenters. The lowest BCUT2D eigenvalue weighted by Gasteiger charge is -2.35. The molecule has 0 radical (unpaired) electrons. The first-order chi connectivity index (χ1) is 9.54. The maximum Gasteiger partial charge on any atom is 0.120 e. The molecule has 1 aromatic carbocycles. The van der Waals surface area contributed by atoms with Gasteiger partial charge in [-0.3, -0.25) is 0 Å². The molecule has 0 saturated heterocycles. The van der Waals surface area contributed by atoms with E-state index in [4.69, 9.17) is 4.74 Å². The van der Waals surface area contributed by atoms with Gasteiger partial charge in [0.1, 0.15) is 5.75 Å². The summed E-state index contributed by atoms with van der Waals surface area (Å²) in [5.41, 5.74) is 4.37. The normalized spacial score (nSPS) is 20.9. The minimum absolute atomic E-state index is 0.338. The molecule has 1 heterocycles. The van der Waals surface area contributed by atoms with Crippen molar-refractivity contribution in [3.8, 4) is 5.75 Å². The maximum atomic E-state index is 5.65. The minimum Gasteiger partial charge on any atom is -0.494 e. The fourth-order valence-corrected chi connectivity index (χ4v) is 3.49. The molecule has 0 fully saturated rings. The van der Waals surface area contributed by atoms with E-state index >= 15 is 0 Å². The molecule has 1 unspecified atom stereocenters. The van der Waals surface area contributed by atoms with Crippen molar-refractivity contribution in [2.75, 3.05) is 13.7 Å². The highest BCUT2D eigenvalue weighted by molar-refractivity contribution is 5.87. The number of nitrogens with one attached hydrogen (secondary N) is 2. The molecule has 108 valence electrons.